The summed E-state index contributed by atoms with van der Waals surface area (Å²) < 4.78 is 0. The van der Waals surface area contributed by atoms with Gasteiger partial charge >= 0.3 is 0 Å². The van der Waals surface area contributed by atoms with Gasteiger partial charge in [0.15, 0.2) is 0 Å². The van der Waals surface area contributed by atoms with Crippen LogP contribution in [-0.4, -0.2) is 54.6 Å². The van der Waals surface area contributed by atoms with Crippen molar-refractivity contribution in [3.63, 3.8) is 0 Å². The van der Waals surface area contributed by atoms with Crippen LogP contribution in [0, 0.1) is 5.92 Å². The van der Waals surface area contributed by atoms with Gasteiger partial charge in [0.05, 0.1) is 0 Å². The predicted octanol–water partition coefficient (Wildman–Crippen LogP) is 2.55. The standard InChI is InChI=1S/C14H27N3.3ClH/c15-13-3-5-14(6-4-13)17-9-7-16(8-10-17)11-12-1-2-12;;;/h12-14H,1-11,15H2;3*1H. The molecular weight excluding hydrogens is 317 g/mol. The quantitative estimate of drug-likeness (QED) is 0.852. The van der Waals surface area contributed by atoms with E-state index in [0.29, 0.717) is 6.04 Å². The summed E-state index contributed by atoms with van der Waals surface area (Å²) in [6.07, 6.45) is 8.13. The zero-order valence-corrected chi connectivity index (χ0v) is 14.7. The molecule has 0 radical (unpaired) electrons. The van der Waals surface area contributed by atoms with Crippen molar-refractivity contribution in [2.24, 2.45) is 11.7 Å². The average molecular weight is 347 g/mol. The predicted molar refractivity (Wildman–Crippen MR) is 92.7 cm³/mol. The third-order valence-corrected chi connectivity index (χ3v) is 4.88. The number of hydrogen-bond acceptors (Lipinski definition) is 3. The molecule has 0 aromatic heterocycles. The molecule has 0 unspecified atom stereocenters. The van der Waals surface area contributed by atoms with Gasteiger partial charge in [0, 0.05) is 44.8 Å². The molecule has 0 spiro atoms. The van der Waals surface area contributed by atoms with Crippen molar-refractivity contribution >= 4 is 37.2 Å². The minimum atomic E-state index is 0. The minimum absolute atomic E-state index is 0. The van der Waals surface area contributed by atoms with Gasteiger partial charge in [0.2, 0.25) is 0 Å². The molecule has 1 aliphatic heterocycles. The summed E-state index contributed by atoms with van der Waals surface area (Å²) in [5.74, 6) is 1.05. The van der Waals surface area contributed by atoms with E-state index in [1.165, 1.54) is 71.2 Å². The van der Waals surface area contributed by atoms with Gasteiger partial charge in [-0.15, -0.1) is 37.2 Å². The molecule has 0 bridgehead atoms. The molecule has 0 aromatic rings. The summed E-state index contributed by atoms with van der Waals surface area (Å²) in [4.78, 5) is 5.41. The van der Waals surface area contributed by atoms with Gasteiger partial charge < -0.3 is 10.6 Å². The molecule has 1 heterocycles. The zero-order valence-electron chi connectivity index (χ0n) is 12.2. The van der Waals surface area contributed by atoms with Crippen molar-refractivity contribution in [1.82, 2.24) is 9.80 Å². The number of nitrogens with two attached hydrogens (primary N) is 1. The molecule has 2 N–H and O–H groups in total. The topological polar surface area (TPSA) is 32.5 Å². The first kappa shape index (κ1) is 20.8. The summed E-state index contributed by atoms with van der Waals surface area (Å²) in [7, 11) is 0. The number of nitrogens with zero attached hydrogens (tertiary/aromatic N) is 2. The maximum Gasteiger partial charge on any atom is 0.0113 e. The summed E-state index contributed by atoms with van der Waals surface area (Å²) in [6, 6.07) is 1.33. The second kappa shape index (κ2) is 9.70. The molecule has 1 saturated heterocycles. The third-order valence-electron chi connectivity index (χ3n) is 4.88. The van der Waals surface area contributed by atoms with E-state index in [2.05, 4.69) is 9.80 Å². The molecule has 3 fully saturated rings. The molecule has 0 aromatic carbocycles. The molecule has 0 atom stereocenters. The van der Waals surface area contributed by atoms with Gasteiger partial charge in [-0.3, -0.25) is 4.90 Å². The highest BCUT2D eigenvalue weighted by molar-refractivity contribution is 5.86. The van der Waals surface area contributed by atoms with Crippen molar-refractivity contribution in [1.29, 1.82) is 0 Å². The summed E-state index contributed by atoms with van der Waals surface area (Å²) >= 11 is 0. The number of halogens is 3. The molecule has 3 rings (SSSR count). The largest absolute Gasteiger partial charge is 0.328 e. The van der Waals surface area contributed by atoms with Crippen LogP contribution in [0.15, 0.2) is 0 Å². The Labute approximate surface area is 142 Å². The molecular formula is C14H30Cl3N3. The Kier molecular flexibility index (Phi) is 10.1. The van der Waals surface area contributed by atoms with Gasteiger partial charge in [-0.05, 0) is 44.4 Å². The zero-order chi connectivity index (χ0) is 11.7. The minimum Gasteiger partial charge on any atom is -0.328 e. The van der Waals surface area contributed by atoms with Crippen LogP contribution in [0.25, 0.3) is 0 Å². The lowest BCUT2D eigenvalue weighted by molar-refractivity contribution is 0.0743. The summed E-state index contributed by atoms with van der Waals surface area (Å²) in [5.41, 5.74) is 5.98. The van der Waals surface area contributed by atoms with E-state index in [-0.39, 0.29) is 37.2 Å². The van der Waals surface area contributed by atoms with Gasteiger partial charge in [0.1, 0.15) is 0 Å². The van der Waals surface area contributed by atoms with Gasteiger partial charge in [-0.2, -0.15) is 0 Å². The molecule has 122 valence electrons. The highest BCUT2D eigenvalue weighted by Gasteiger charge is 2.29. The summed E-state index contributed by atoms with van der Waals surface area (Å²) in [6.45, 7) is 6.58. The van der Waals surface area contributed by atoms with E-state index in [4.69, 9.17) is 5.73 Å². The van der Waals surface area contributed by atoms with Crippen molar-refractivity contribution < 1.29 is 0 Å². The maximum absolute atomic E-state index is 5.98. The number of hydrogen-bond donors (Lipinski definition) is 1. The van der Waals surface area contributed by atoms with Crippen LogP contribution in [0.2, 0.25) is 0 Å². The number of piperazine rings is 1. The van der Waals surface area contributed by atoms with E-state index in [0.717, 1.165) is 12.0 Å². The monoisotopic (exact) mass is 345 g/mol. The molecule has 0 amide bonds. The molecule has 20 heavy (non-hydrogen) atoms. The molecule has 2 aliphatic carbocycles. The smallest absolute Gasteiger partial charge is 0.0113 e. The van der Waals surface area contributed by atoms with Gasteiger partial charge in [0.25, 0.3) is 0 Å². The Morgan fingerprint density at radius 2 is 1.30 bits per heavy atom. The molecule has 3 nitrogen and oxygen atoms in total. The van der Waals surface area contributed by atoms with E-state index >= 15 is 0 Å². The average Bonchev–Trinajstić information content (AvgIpc) is 3.15. The second-order valence-corrected chi connectivity index (χ2v) is 6.35. The third kappa shape index (κ3) is 5.86. The van der Waals surface area contributed by atoms with Gasteiger partial charge in [-0.25, -0.2) is 0 Å². The van der Waals surface area contributed by atoms with Crippen molar-refractivity contribution in [3.8, 4) is 0 Å². The maximum atomic E-state index is 5.98. The molecule has 3 aliphatic rings. The first-order valence-corrected chi connectivity index (χ1v) is 7.53. The second-order valence-electron chi connectivity index (χ2n) is 6.35. The van der Waals surface area contributed by atoms with Crippen LogP contribution < -0.4 is 5.73 Å². The van der Waals surface area contributed by atoms with Gasteiger partial charge in [-0.1, -0.05) is 0 Å². The van der Waals surface area contributed by atoms with E-state index in [1.807, 2.05) is 0 Å². The lowest BCUT2D eigenvalue weighted by Gasteiger charge is -2.41. The van der Waals surface area contributed by atoms with Crippen molar-refractivity contribution in [2.75, 3.05) is 32.7 Å². The van der Waals surface area contributed by atoms with E-state index in [1.54, 1.807) is 0 Å². The SMILES string of the molecule is Cl.Cl.Cl.NC1CCC(N2CCN(CC3CC3)CC2)CC1. The van der Waals surface area contributed by atoms with Crippen LogP contribution >= 0.6 is 37.2 Å². The van der Waals surface area contributed by atoms with Crippen molar-refractivity contribution in [3.05, 3.63) is 0 Å². The molecule has 2 saturated carbocycles. The van der Waals surface area contributed by atoms with Crippen LogP contribution in [0.4, 0.5) is 0 Å². The highest BCUT2D eigenvalue weighted by atomic mass is 35.5. The van der Waals surface area contributed by atoms with E-state index in [9.17, 15) is 0 Å². The Morgan fingerprint density at radius 1 is 0.750 bits per heavy atom. The molecule has 6 heteroatoms. The van der Waals surface area contributed by atoms with E-state index < -0.39 is 0 Å². The van der Waals surface area contributed by atoms with Crippen molar-refractivity contribution in [2.45, 2.75) is 50.6 Å². The normalized spacial score (nSPS) is 31.6. The first-order valence-electron chi connectivity index (χ1n) is 7.53. The first-order chi connectivity index (χ1) is 8.31. The fourth-order valence-electron chi connectivity index (χ4n) is 3.44. The lowest BCUT2D eigenvalue weighted by Crippen LogP contribution is -2.52. The Hall–Kier alpha value is 0.750. The highest BCUT2D eigenvalue weighted by Crippen LogP contribution is 2.30. The summed E-state index contributed by atoms with van der Waals surface area (Å²) in [5, 5.41) is 0. The fourth-order valence-corrected chi connectivity index (χ4v) is 3.44. The lowest BCUT2D eigenvalue weighted by atomic mass is 9.90. The van der Waals surface area contributed by atoms with Crippen LogP contribution in [0.3, 0.4) is 0 Å². The fraction of sp³-hybridized carbons (Fsp3) is 1.00. The van der Waals surface area contributed by atoms with Crippen LogP contribution in [0.1, 0.15) is 38.5 Å². The number of rotatable bonds is 3. The Bertz CT molecular complexity index is 248. The Morgan fingerprint density at radius 3 is 1.80 bits per heavy atom. The Balaban J connectivity index is 0.00000120. The van der Waals surface area contributed by atoms with Crippen LogP contribution in [-0.2, 0) is 0 Å². The van der Waals surface area contributed by atoms with Crippen LogP contribution in [0.5, 0.6) is 0 Å².